The smallest absolute Gasteiger partial charge is 0.130 e. The van der Waals surface area contributed by atoms with Crippen LogP contribution in [0.4, 0.5) is 8.78 Å². The summed E-state index contributed by atoms with van der Waals surface area (Å²) in [5.74, 6) is -0.450. The fourth-order valence-electron chi connectivity index (χ4n) is 2.17. The molecular weight excluding hydrogens is 296 g/mol. The minimum Gasteiger partial charge on any atom is -0.496 e. The van der Waals surface area contributed by atoms with E-state index in [1.165, 1.54) is 18.2 Å². The van der Waals surface area contributed by atoms with Crippen LogP contribution in [0.15, 0.2) is 36.4 Å². The van der Waals surface area contributed by atoms with Crippen molar-refractivity contribution in [2.75, 3.05) is 7.11 Å². The third-order valence-corrected chi connectivity index (χ3v) is 3.51. The summed E-state index contributed by atoms with van der Waals surface area (Å²) in [4.78, 5) is 0. The monoisotopic (exact) mass is 311 g/mol. The number of benzene rings is 2. The number of methoxy groups -OCH3 is 1. The lowest BCUT2D eigenvalue weighted by Crippen LogP contribution is -2.20. The van der Waals surface area contributed by atoms with Crippen LogP contribution in [-0.4, -0.2) is 7.11 Å². The molecule has 2 aromatic carbocycles. The maximum Gasteiger partial charge on any atom is 0.130 e. The van der Waals surface area contributed by atoms with Crippen molar-refractivity contribution < 1.29 is 13.5 Å². The Hall–Kier alpha value is -1.65. The van der Waals surface area contributed by atoms with E-state index >= 15 is 0 Å². The summed E-state index contributed by atoms with van der Waals surface area (Å²) in [5.41, 5.74) is 0.854. The van der Waals surface area contributed by atoms with E-state index in [-0.39, 0.29) is 5.56 Å². The van der Waals surface area contributed by atoms with Gasteiger partial charge in [-0.05, 0) is 37.3 Å². The van der Waals surface area contributed by atoms with Crippen LogP contribution in [0.1, 0.15) is 24.1 Å². The number of hydrogen-bond donors (Lipinski definition) is 1. The fourth-order valence-corrected chi connectivity index (χ4v) is 2.37. The van der Waals surface area contributed by atoms with Gasteiger partial charge < -0.3 is 10.1 Å². The van der Waals surface area contributed by atoms with Crippen LogP contribution in [0, 0.1) is 11.6 Å². The summed E-state index contributed by atoms with van der Waals surface area (Å²) in [7, 11) is 1.56. The number of halogens is 3. The molecule has 0 heterocycles. The van der Waals surface area contributed by atoms with Gasteiger partial charge in [0.2, 0.25) is 0 Å². The highest BCUT2D eigenvalue weighted by Crippen LogP contribution is 2.25. The minimum atomic E-state index is -0.562. The zero-order chi connectivity index (χ0) is 15.4. The van der Waals surface area contributed by atoms with Crippen LogP contribution in [0.25, 0.3) is 0 Å². The standard InChI is InChI=1S/C16H16ClF2NO/c1-10(16-13(18)4-3-5-14(16)19)20-9-11-8-12(17)6-7-15(11)21-2/h3-8,10,20H,9H2,1-2H3. The topological polar surface area (TPSA) is 21.3 Å². The zero-order valence-electron chi connectivity index (χ0n) is 11.8. The molecule has 0 saturated carbocycles. The van der Waals surface area contributed by atoms with Crippen LogP contribution in [0.2, 0.25) is 5.02 Å². The first kappa shape index (κ1) is 15.7. The van der Waals surface area contributed by atoms with E-state index in [0.29, 0.717) is 17.3 Å². The van der Waals surface area contributed by atoms with Gasteiger partial charge in [0.25, 0.3) is 0 Å². The molecule has 2 rings (SSSR count). The summed E-state index contributed by atoms with van der Waals surface area (Å²) in [6.45, 7) is 2.09. The Morgan fingerprint density at radius 2 is 1.86 bits per heavy atom. The number of hydrogen-bond acceptors (Lipinski definition) is 2. The Kier molecular flexibility index (Phi) is 5.15. The highest BCUT2D eigenvalue weighted by Gasteiger charge is 2.16. The van der Waals surface area contributed by atoms with Gasteiger partial charge in [0.15, 0.2) is 0 Å². The van der Waals surface area contributed by atoms with Crippen molar-refractivity contribution in [2.24, 2.45) is 0 Å². The average molecular weight is 312 g/mol. The molecule has 0 aliphatic carbocycles. The second kappa shape index (κ2) is 6.87. The summed E-state index contributed by atoms with van der Waals surface area (Å²) in [5, 5.41) is 3.66. The molecule has 0 radical (unpaired) electrons. The molecule has 1 unspecified atom stereocenters. The Balaban J connectivity index is 2.14. The van der Waals surface area contributed by atoms with Crippen molar-refractivity contribution in [1.82, 2.24) is 5.32 Å². The second-order valence-electron chi connectivity index (χ2n) is 4.69. The molecule has 2 nitrogen and oxygen atoms in total. The molecule has 21 heavy (non-hydrogen) atoms. The highest BCUT2D eigenvalue weighted by atomic mass is 35.5. The van der Waals surface area contributed by atoms with Gasteiger partial charge in [0, 0.05) is 28.7 Å². The fraction of sp³-hybridized carbons (Fsp3) is 0.250. The number of ether oxygens (including phenoxy) is 1. The summed E-state index contributed by atoms with van der Waals surface area (Å²) >= 11 is 5.95. The summed E-state index contributed by atoms with van der Waals surface area (Å²) < 4.78 is 32.7. The van der Waals surface area contributed by atoms with Gasteiger partial charge in [-0.2, -0.15) is 0 Å². The van der Waals surface area contributed by atoms with Crippen LogP contribution in [0.5, 0.6) is 5.75 Å². The van der Waals surface area contributed by atoms with E-state index in [1.807, 2.05) is 0 Å². The minimum absolute atomic E-state index is 0.0264. The van der Waals surface area contributed by atoms with Gasteiger partial charge in [-0.1, -0.05) is 17.7 Å². The zero-order valence-corrected chi connectivity index (χ0v) is 12.5. The molecule has 5 heteroatoms. The SMILES string of the molecule is COc1ccc(Cl)cc1CNC(C)c1c(F)cccc1F. The van der Waals surface area contributed by atoms with Gasteiger partial charge in [-0.3, -0.25) is 0 Å². The Bertz CT molecular complexity index is 613. The van der Waals surface area contributed by atoms with E-state index in [1.54, 1.807) is 32.2 Å². The Labute approximate surface area is 127 Å². The maximum absolute atomic E-state index is 13.7. The van der Waals surface area contributed by atoms with Crippen LogP contribution < -0.4 is 10.1 Å². The third kappa shape index (κ3) is 3.71. The molecule has 0 bridgehead atoms. The number of rotatable bonds is 5. The third-order valence-electron chi connectivity index (χ3n) is 3.27. The lowest BCUT2D eigenvalue weighted by atomic mass is 10.1. The van der Waals surface area contributed by atoms with Crippen LogP contribution >= 0.6 is 11.6 Å². The van der Waals surface area contributed by atoms with Crippen molar-refractivity contribution in [3.63, 3.8) is 0 Å². The maximum atomic E-state index is 13.7. The summed E-state index contributed by atoms with van der Waals surface area (Å²) in [6, 6.07) is 8.61. The van der Waals surface area contributed by atoms with Gasteiger partial charge in [0.05, 0.1) is 7.11 Å². The first-order valence-electron chi connectivity index (χ1n) is 6.52. The average Bonchev–Trinajstić information content (AvgIpc) is 2.45. The molecule has 1 atom stereocenters. The first-order chi connectivity index (χ1) is 10.0. The molecule has 0 saturated heterocycles. The van der Waals surface area contributed by atoms with Crippen LogP contribution in [-0.2, 0) is 6.54 Å². The predicted octanol–water partition coefficient (Wildman–Crippen LogP) is 4.48. The molecular formula is C16H16ClF2NO. The Morgan fingerprint density at radius 3 is 2.48 bits per heavy atom. The van der Waals surface area contributed by atoms with Crippen molar-refractivity contribution in [2.45, 2.75) is 19.5 Å². The van der Waals surface area contributed by atoms with E-state index in [2.05, 4.69) is 5.32 Å². The molecule has 1 N–H and O–H groups in total. The molecule has 0 spiro atoms. The predicted molar refractivity (Wildman–Crippen MR) is 79.6 cm³/mol. The molecule has 2 aromatic rings. The molecule has 0 aromatic heterocycles. The van der Waals surface area contributed by atoms with Crippen molar-refractivity contribution in [3.05, 3.63) is 64.2 Å². The molecule has 0 aliphatic heterocycles. The van der Waals surface area contributed by atoms with E-state index < -0.39 is 17.7 Å². The lowest BCUT2D eigenvalue weighted by Gasteiger charge is -2.17. The van der Waals surface area contributed by atoms with Gasteiger partial charge >= 0.3 is 0 Å². The largest absolute Gasteiger partial charge is 0.496 e. The van der Waals surface area contributed by atoms with Crippen molar-refractivity contribution >= 4 is 11.6 Å². The van der Waals surface area contributed by atoms with Crippen molar-refractivity contribution in [1.29, 1.82) is 0 Å². The first-order valence-corrected chi connectivity index (χ1v) is 6.90. The van der Waals surface area contributed by atoms with Crippen LogP contribution in [0.3, 0.4) is 0 Å². The van der Waals surface area contributed by atoms with Gasteiger partial charge in [-0.15, -0.1) is 0 Å². The second-order valence-corrected chi connectivity index (χ2v) is 5.13. The van der Waals surface area contributed by atoms with Gasteiger partial charge in [0.1, 0.15) is 17.4 Å². The lowest BCUT2D eigenvalue weighted by molar-refractivity contribution is 0.405. The van der Waals surface area contributed by atoms with E-state index in [4.69, 9.17) is 16.3 Å². The molecule has 0 amide bonds. The highest BCUT2D eigenvalue weighted by molar-refractivity contribution is 6.30. The molecule has 0 aliphatic rings. The van der Waals surface area contributed by atoms with Gasteiger partial charge in [-0.25, -0.2) is 8.78 Å². The number of nitrogens with one attached hydrogen (secondary N) is 1. The quantitative estimate of drug-likeness (QED) is 0.879. The molecule has 0 fully saturated rings. The van der Waals surface area contributed by atoms with Crippen molar-refractivity contribution in [3.8, 4) is 5.75 Å². The Morgan fingerprint density at radius 1 is 1.19 bits per heavy atom. The normalized spacial score (nSPS) is 12.2. The van der Waals surface area contributed by atoms with E-state index in [9.17, 15) is 8.78 Å². The molecule has 112 valence electrons. The summed E-state index contributed by atoms with van der Waals surface area (Å²) in [6.07, 6.45) is 0. The van der Waals surface area contributed by atoms with E-state index in [0.717, 1.165) is 5.56 Å².